The third-order valence-electron chi connectivity index (χ3n) is 6.31. The number of aryl methyl sites for hydroxylation is 6. The van der Waals surface area contributed by atoms with Gasteiger partial charge in [-0.25, -0.2) is 0 Å². The molecule has 0 bridgehead atoms. The van der Waals surface area contributed by atoms with E-state index in [1.807, 2.05) is 12.3 Å². The van der Waals surface area contributed by atoms with E-state index in [1.165, 1.54) is 44.8 Å². The molecule has 0 aliphatic heterocycles. The van der Waals surface area contributed by atoms with Gasteiger partial charge in [0.05, 0.1) is 5.69 Å². The van der Waals surface area contributed by atoms with Gasteiger partial charge in [-0.15, -0.1) is 0 Å². The third-order valence-corrected chi connectivity index (χ3v) is 6.31. The molecule has 1 aromatic heterocycles. The van der Waals surface area contributed by atoms with Crippen LogP contribution in [0.15, 0.2) is 48.7 Å². The molecular weight excluding hydrogens is 546 g/mol. The number of anilines is 2. The van der Waals surface area contributed by atoms with E-state index >= 15 is 0 Å². The molecule has 2 N–H and O–H groups in total. The van der Waals surface area contributed by atoms with Crippen LogP contribution in [-0.2, 0) is 23.3 Å². The zero-order valence-electron chi connectivity index (χ0n) is 23.4. The maximum Gasteiger partial charge on any atom is 2.00 e. The van der Waals surface area contributed by atoms with E-state index in [9.17, 15) is 0 Å². The Hall–Kier alpha value is -1.76. The molecule has 0 fully saturated rings. The van der Waals surface area contributed by atoms with E-state index in [-0.39, 0.29) is 41.6 Å². The van der Waals surface area contributed by atoms with Crippen LogP contribution in [0, 0.1) is 41.5 Å². The second kappa shape index (κ2) is 16.3. The first-order chi connectivity index (χ1) is 16.1. The number of pyridine rings is 1. The van der Waals surface area contributed by atoms with Gasteiger partial charge in [-0.2, -0.15) is 0 Å². The Balaban J connectivity index is 0.00000432. The monoisotopic (exact) mass is 587 g/mol. The fourth-order valence-corrected chi connectivity index (χ4v) is 5.10. The summed E-state index contributed by atoms with van der Waals surface area (Å²) in [5.74, 6) is 0. The van der Waals surface area contributed by atoms with Gasteiger partial charge in [0.15, 0.2) is 0 Å². The molecule has 1 heterocycles. The second-order valence-electron chi connectivity index (χ2n) is 10.2. The molecule has 2 atom stereocenters. The number of nitrogens with one attached hydrogen (secondary N) is 2. The van der Waals surface area contributed by atoms with Crippen LogP contribution < -0.4 is 35.4 Å². The number of rotatable bonds is 10. The molecule has 7 heteroatoms. The summed E-state index contributed by atoms with van der Waals surface area (Å²) < 4.78 is 0. The Morgan fingerprint density at radius 1 is 0.703 bits per heavy atom. The van der Waals surface area contributed by atoms with Gasteiger partial charge in [-0.3, -0.25) is 9.88 Å². The molecule has 2 unspecified atom stereocenters. The van der Waals surface area contributed by atoms with Crippen LogP contribution in [0.4, 0.5) is 11.4 Å². The van der Waals surface area contributed by atoms with Crippen molar-refractivity contribution in [1.82, 2.24) is 9.88 Å². The maximum absolute atomic E-state index is 4.59. The number of benzene rings is 2. The van der Waals surface area contributed by atoms with Gasteiger partial charge < -0.3 is 35.4 Å². The average Bonchev–Trinajstić information content (AvgIpc) is 2.74. The Morgan fingerprint density at radius 2 is 1.11 bits per heavy atom. The molecule has 0 aliphatic carbocycles. The summed E-state index contributed by atoms with van der Waals surface area (Å²) in [4.78, 5) is 7.10. The van der Waals surface area contributed by atoms with E-state index < -0.39 is 0 Å². The van der Waals surface area contributed by atoms with Crippen LogP contribution >= 0.6 is 0 Å². The van der Waals surface area contributed by atoms with Crippen molar-refractivity contribution < 1.29 is 41.6 Å². The number of hydrogen-bond donors (Lipinski definition) is 2. The third kappa shape index (κ3) is 10.5. The quantitative estimate of drug-likeness (QED) is 0.367. The molecule has 4 nitrogen and oxygen atoms in total. The Kier molecular flexibility index (Phi) is 15.5. The van der Waals surface area contributed by atoms with E-state index in [0.717, 1.165) is 25.3 Å². The van der Waals surface area contributed by atoms with Crippen LogP contribution in [0.2, 0.25) is 0 Å². The van der Waals surface area contributed by atoms with Crippen molar-refractivity contribution in [1.29, 1.82) is 0 Å². The van der Waals surface area contributed by atoms with Gasteiger partial charge in [0, 0.05) is 49.3 Å². The van der Waals surface area contributed by atoms with Crippen molar-refractivity contribution in [3.63, 3.8) is 0 Å². The molecular formula is C30H42Cl2CoN4. The first-order valence-corrected chi connectivity index (χ1v) is 12.4. The summed E-state index contributed by atoms with van der Waals surface area (Å²) in [5.41, 5.74) is 11.5. The van der Waals surface area contributed by atoms with Crippen molar-refractivity contribution in [2.45, 2.75) is 74.0 Å². The van der Waals surface area contributed by atoms with Gasteiger partial charge in [-0.05, 0) is 89.8 Å². The van der Waals surface area contributed by atoms with Gasteiger partial charge in [0.25, 0.3) is 0 Å². The molecule has 0 spiro atoms. The molecule has 1 radical (unpaired) electrons. The van der Waals surface area contributed by atoms with Crippen molar-refractivity contribution in [3.8, 4) is 0 Å². The summed E-state index contributed by atoms with van der Waals surface area (Å²) >= 11 is 0. The summed E-state index contributed by atoms with van der Waals surface area (Å²) in [6, 6.07) is 15.8. The summed E-state index contributed by atoms with van der Waals surface area (Å²) in [6.07, 6.45) is 1.88. The Labute approximate surface area is 247 Å². The molecule has 0 amide bonds. The smallest absolute Gasteiger partial charge is 1.00 e. The zero-order valence-corrected chi connectivity index (χ0v) is 25.9. The number of halogens is 2. The molecule has 3 aromatic rings. The van der Waals surface area contributed by atoms with Crippen LogP contribution in [0.25, 0.3) is 0 Å². The topological polar surface area (TPSA) is 40.2 Å². The minimum Gasteiger partial charge on any atom is -1.00 e. The SMILES string of the molecule is Cc1cc(C)c(NC(C)CN(Cc2ccccn2)CC(C)Nc2c(C)cc(C)cc2C)c(C)c1.[Cl-].[Cl-].[Co+2]. The van der Waals surface area contributed by atoms with Crippen LogP contribution in [-0.4, -0.2) is 35.1 Å². The molecule has 205 valence electrons. The number of hydrogen-bond acceptors (Lipinski definition) is 4. The van der Waals surface area contributed by atoms with Crippen LogP contribution in [0.1, 0.15) is 52.9 Å². The van der Waals surface area contributed by atoms with E-state index in [4.69, 9.17) is 0 Å². The van der Waals surface area contributed by atoms with Gasteiger partial charge in [-0.1, -0.05) is 41.5 Å². The van der Waals surface area contributed by atoms with Crippen LogP contribution in [0.5, 0.6) is 0 Å². The Morgan fingerprint density at radius 3 is 1.46 bits per heavy atom. The second-order valence-corrected chi connectivity index (χ2v) is 10.2. The number of aromatic nitrogens is 1. The minimum atomic E-state index is 0. The molecule has 3 rings (SSSR count). The summed E-state index contributed by atoms with van der Waals surface area (Å²) in [5, 5.41) is 7.57. The molecule has 0 aliphatic rings. The summed E-state index contributed by atoms with van der Waals surface area (Å²) in [7, 11) is 0. The fourth-order valence-electron chi connectivity index (χ4n) is 5.10. The van der Waals surface area contributed by atoms with Gasteiger partial charge in [0.2, 0.25) is 0 Å². The van der Waals surface area contributed by atoms with Crippen molar-refractivity contribution in [2.24, 2.45) is 0 Å². The van der Waals surface area contributed by atoms with Gasteiger partial charge in [0.1, 0.15) is 0 Å². The number of nitrogens with zero attached hydrogens (tertiary/aromatic N) is 2. The molecule has 37 heavy (non-hydrogen) atoms. The molecule has 0 saturated carbocycles. The van der Waals surface area contributed by atoms with Crippen molar-refractivity contribution in [2.75, 3.05) is 23.7 Å². The van der Waals surface area contributed by atoms with Crippen molar-refractivity contribution >= 4 is 11.4 Å². The maximum atomic E-state index is 4.59. The Bertz CT molecular complexity index is 994. The van der Waals surface area contributed by atoms with Crippen molar-refractivity contribution in [3.05, 3.63) is 87.7 Å². The van der Waals surface area contributed by atoms with E-state index in [1.54, 1.807) is 0 Å². The normalized spacial score (nSPS) is 12.0. The molecule has 0 saturated heterocycles. The van der Waals surface area contributed by atoms with E-state index in [0.29, 0.717) is 12.1 Å². The minimum absolute atomic E-state index is 0. The molecule has 2 aromatic carbocycles. The average molecular weight is 589 g/mol. The first-order valence-electron chi connectivity index (χ1n) is 12.4. The summed E-state index contributed by atoms with van der Waals surface area (Å²) in [6.45, 7) is 20.3. The first kappa shape index (κ1) is 35.2. The van der Waals surface area contributed by atoms with Gasteiger partial charge >= 0.3 is 16.8 Å². The predicted molar refractivity (Wildman–Crippen MR) is 147 cm³/mol. The fraction of sp³-hybridized carbons (Fsp3) is 0.433. The largest absolute Gasteiger partial charge is 2.00 e. The standard InChI is InChI=1S/C30H42N4.2ClH.Co/c1-20-13-22(3)29(23(4)14-20)32-26(7)17-34(19-28-11-9-10-12-31-28)18-27(8)33-30-24(5)15-21(2)16-25(30)6;;;/h9-16,26-27,32-33H,17-19H2,1-8H3;2*1H;/q;;;+2/p-2. The zero-order chi connectivity index (χ0) is 24.8. The van der Waals surface area contributed by atoms with E-state index in [2.05, 4.69) is 112 Å². The predicted octanol–water partition coefficient (Wildman–Crippen LogP) is 0.741. The van der Waals surface area contributed by atoms with Crippen LogP contribution in [0.3, 0.4) is 0 Å².